The summed E-state index contributed by atoms with van der Waals surface area (Å²) < 4.78 is 5.31. The number of nitrogens with two attached hydrogens (primary N) is 1. The van der Waals surface area contributed by atoms with E-state index in [1.807, 2.05) is 13.0 Å². The van der Waals surface area contributed by atoms with Crippen LogP contribution in [0.3, 0.4) is 0 Å². The molecule has 0 fully saturated rings. The number of carboxylic acid groups (broad SMARTS) is 1. The molecule has 0 saturated carbocycles. The first-order valence-electron chi connectivity index (χ1n) is 4.86. The number of carboxylic acids is 1. The van der Waals surface area contributed by atoms with Gasteiger partial charge in [0.2, 0.25) is 0 Å². The first kappa shape index (κ1) is 11.4. The van der Waals surface area contributed by atoms with Crippen LogP contribution in [-0.2, 0) is 11.2 Å². The van der Waals surface area contributed by atoms with Crippen LogP contribution in [0.25, 0.3) is 0 Å². The molecule has 0 heterocycles. The third-order valence-electron chi connectivity index (χ3n) is 1.93. The van der Waals surface area contributed by atoms with E-state index in [1.54, 1.807) is 12.1 Å². The van der Waals surface area contributed by atoms with Gasteiger partial charge in [0.1, 0.15) is 5.75 Å². The van der Waals surface area contributed by atoms with Crippen LogP contribution in [-0.4, -0.2) is 17.7 Å². The molecule has 0 aliphatic heterocycles. The lowest BCUT2D eigenvalue weighted by atomic mass is 10.1. The van der Waals surface area contributed by atoms with E-state index in [-0.39, 0.29) is 6.42 Å². The summed E-state index contributed by atoms with van der Waals surface area (Å²) in [6, 6.07) is 5.32. The van der Waals surface area contributed by atoms with Crippen LogP contribution in [0.4, 0.5) is 5.69 Å². The lowest BCUT2D eigenvalue weighted by molar-refractivity contribution is -0.136. The SMILES string of the molecule is CCOc1cc(N)cc(CCC(=O)O)c1. The van der Waals surface area contributed by atoms with Crippen molar-refractivity contribution in [2.45, 2.75) is 19.8 Å². The Labute approximate surface area is 88.7 Å². The predicted octanol–water partition coefficient (Wildman–Crippen LogP) is 1.68. The molecule has 0 aromatic heterocycles. The van der Waals surface area contributed by atoms with E-state index >= 15 is 0 Å². The summed E-state index contributed by atoms with van der Waals surface area (Å²) in [7, 11) is 0. The number of hydrogen-bond acceptors (Lipinski definition) is 3. The summed E-state index contributed by atoms with van der Waals surface area (Å²) in [5, 5.41) is 8.55. The van der Waals surface area contributed by atoms with E-state index in [0.29, 0.717) is 24.5 Å². The summed E-state index contributed by atoms with van der Waals surface area (Å²) >= 11 is 0. The van der Waals surface area contributed by atoms with Crippen molar-refractivity contribution in [2.24, 2.45) is 0 Å². The molecule has 0 amide bonds. The number of ether oxygens (including phenoxy) is 1. The van der Waals surface area contributed by atoms with E-state index in [4.69, 9.17) is 15.6 Å². The number of carbonyl (C=O) groups is 1. The van der Waals surface area contributed by atoms with Gasteiger partial charge in [-0.05, 0) is 31.0 Å². The molecule has 0 saturated heterocycles. The Hall–Kier alpha value is -1.71. The summed E-state index contributed by atoms with van der Waals surface area (Å²) in [6.45, 7) is 2.46. The Kier molecular flexibility index (Phi) is 3.97. The van der Waals surface area contributed by atoms with Crippen LogP contribution in [0, 0.1) is 0 Å². The van der Waals surface area contributed by atoms with E-state index in [1.165, 1.54) is 0 Å². The van der Waals surface area contributed by atoms with Crippen LogP contribution in [0.1, 0.15) is 18.9 Å². The van der Waals surface area contributed by atoms with Crippen molar-refractivity contribution in [1.82, 2.24) is 0 Å². The zero-order valence-electron chi connectivity index (χ0n) is 8.69. The van der Waals surface area contributed by atoms with Crippen LogP contribution < -0.4 is 10.5 Å². The van der Waals surface area contributed by atoms with Crippen molar-refractivity contribution >= 4 is 11.7 Å². The maximum Gasteiger partial charge on any atom is 0.303 e. The van der Waals surface area contributed by atoms with Gasteiger partial charge in [-0.15, -0.1) is 0 Å². The average molecular weight is 209 g/mol. The number of aliphatic carboxylic acids is 1. The number of hydrogen-bond donors (Lipinski definition) is 2. The molecule has 1 rings (SSSR count). The van der Waals surface area contributed by atoms with E-state index in [0.717, 1.165) is 5.56 Å². The van der Waals surface area contributed by atoms with Gasteiger partial charge >= 0.3 is 5.97 Å². The Morgan fingerprint density at radius 3 is 2.80 bits per heavy atom. The molecular weight excluding hydrogens is 194 g/mol. The van der Waals surface area contributed by atoms with Crippen molar-refractivity contribution in [3.05, 3.63) is 23.8 Å². The molecule has 82 valence electrons. The zero-order valence-corrected chi connectivity index (χ0v) is 8.69. The quantitative estimate of drug-likeness (QED) is 0.724. The summed E-state index contributed by atoms with van der Waals surface area (Å²) in [5.41, 5.74) is 7.16. The van der Waals surface area contributed by atoms with E-state index in [9.17, 15) is 4.79 Å². The molecule has 15 heavy (non-hydrogen) atoms. The summed E-state index contributed by atoms with van der Waals surface area (Å²) in [4.78, 5) is 10.4. The van der Waals surface area contributed by atoms with Crippen LogP contribution in [0.15, 0.2) is 18.2 Å². The fourth-order valence-corrected chi connectivity index (χ4v) is 1.33. The molecule has 0 atom stereocenters. The standard InChI is InChI=1S/C11H15NO3/c1-2-15-10-6-8(3-4-11(13)14)5-9(12)7-10/h5-7H,2-4,12H2,1H3,(H,13,14). The molecule has 0 aliphatic carbocycles. The van der Waals surface area contributed by atoms with Crippen molar-refractivity contribution < 1.29 is 14.6 Å². The number of benzene rings is 1. The van der Waals surface area contributed by atoms with Crippen molar-refractivity contribution in [2.75, 3.05) is 12.3 Å². The lowest BCUT2D eigenvalue weighted by Crippen LogP contribution is -2.00. The molecule has 0 spiro atoms. The topological polar surface area (TPSA) is 72.5 Å². The highest BCUT2D eigenvalue weighted by molar-refractivity contribution is 5.67. The maximum absolute atomic E-state index is 10.4. The van der Waals surface area contributed by atoms with Gasteiger partial charge in [-0.1, -0.05) is 0 Å². The van der Waals surface area contributed by atoms with Gasteiger partial charge in [-0.25, -0.2) is 0 Å². The molecule has 0 radical (unpaired) electrons. The Morgan fingerprint density at radius 1 is 1.47 bits per heavy atom. The lowest BCUT2D eigenvalue weighted by Gasteiger charge is -2.07. The highest BCUT2D eigenvalue weighted by Crippen LogP contribution is 2.19. The van der Waals surface area contributed by atoms with Gasteiger partial charge < -0.3 is 15.6 Å². The fourth-order valence-electron chi connectivity index (χ4n) is 1.33. The van der Waals surface area contributed by atoms with Gasteiger partial charge in [0.25, 0.3) is 0 Å². The van der Waals surface area contributed by atoms with Gasteiger partial charge in [0.15, 0.2) is 0 Å². The molecule has 0 bridgehead atoms. The molecule has 4 heteroatoms. The van der Waals surface area contributed by atoms with E-state index < -0.39 is 5.97 Å². The molecule has 4 nitrogen and oxygen atoms in total. The number of aryl methyl sites for hydroxylation is 1. The van der Waals surface area contributed by atoms with Crippen molar-refractivity contribution in [3.63, 3.8) is 0 Å². The summed E-state index contributed by atoms with van der Waals surface area (Å²) in [5.74, 6) is -0.117. The Bertz CT molecular complexity index is 350. The number of rotatable bonds is 5. The molecule has 1 aromatic carbocycles. The second kappa shape index (κ2) is 5.24. The third-order valence-corrected chi connectivity index (χ3v) is 1.93. The largest absolute Gasteiger partial charge is 0.494 e. The van der Waals surface area contributed by atoms with Gasteiger partial charge in [-0.3, -0.25) is 4.79 Å². The average Bonchev–Trinajstić information content (AvgIpc) is 2.14. The first-order valence-corrected chi connectivity index (χ1v) is 4.86. The fraction of sp³-hybridized carbons (Fsp3) is 0.364. The predicted molar refractivity (Wildman–Crippen MR) is 58.0 cm³/mol. The van der Waals surface area contributed by atoms with Crippen LogP contribution in [0.2, 0.25) is 0 Å². The second-order valence-corrected chi connectivity index (χ2v) is 3.24. The zero-order chi connectivity index (χ0) is 11.3. The molecule has 1 aromatic rings. The maximum atomic E-state index is 10.4. The highest BCUT2D eigenvalue weighted by Gasteiger charge is 2.02. The second-order valence-electron chi connectivity index (χ2n) is 3.24. The Balaban J connectivity index is 2.74. The minimum Gasteiger partial charge on any atom is -0.494 e. The minimum atomic E-state index is -0.810. The van der Waals surface area contributed by atoms with Gasteiger partial charge in [-0.2, -0.15) is 0 Å². The smallest absolute Gasteiger partial charge is 0.303 e. The number of anilines is 1. The number of nitrogen functional groups attached to an aromatic ring is 1. The monoisotopic (exact) mass is 209 g/mol. The minimum absolute atomic E-state index is 0.106. The molecule has 0 unspecified atom stereocenters. The van der Waals surface area contributed by atoms with E-state index in [2.05, 4.69) is 0 Å². The van der Waals surface area contributed by atoms with Crippen molar-refractivity contribution in [3.8, 4) is 5.75 Å². The Morgan fingerprint density at radius 2 is 2.20 bits per heavy atom. The third kappa shape index (κ3) is 3.89. The van der Waals surface area contributed by atoms with Gasteiger partial charge in [0.05, 0.1) is 6.61 Å². The molecule has 3 N–H and O–H groups in total. The molecular formula is C11H15NO3. The van der Waals surface area contributed by atoms with Crippen LogP contribution >= 0.6 is 0 Å². The molecule has 0 aliphatic rings. The normalized spacial score (nSPS) is 9.93. The van der Waals surface area contributed by atoms with Crippen LogP contribution in [0.5, 0.6) is 5.75 Å². The van der Waals surface area contributed by atoms with Crippen molar-refractivity contribution in [1.29, 1.82) is 0 Å². The van der Waals surface area contributed by atoms with Gasteiger partial charge in [0, 0.05) is 18.2 Å². The summed E-state index contributed by atoms with van der Waals surface area (Å²) in [6.07, 6.45) is 0.579. The highest BCUT2D eigenvalue weighted by atomic mass is 16.5. The first-order chi connectivity index (χ1) is 7.11.